The summed E-state index contributed by atoms with van der Waals surface area (Å²) in [6, 6.07) is 14.1. The second-order valence-electron chi connectivity index (χ2n) is 5.16. The highest BCUT2D eigenvalue weighted by molar-refractivity contribution is 6.31. The Bertz CT molecular complexity index is 595. The Labute approximate surface area is 125 Å². The predicted molar refractivity (Wildman–Crippen MR) is 85.4 cm³/mol. The molecule has 0 amide bonds. The van der Waals surface area contributed by atoms with Crippen molar-refractivity contribution in [3.8, 4) is 0 Å². The third-order valence-electron chi connectivity index (χ3n) is 3.54. The van der Waals surface area contributed by atoms with Crippen LogP contribution in [-0.2, 0) is 6.54 Å². The van der Waals surface area contributed by atoms with E-state index in [2.05, 4.69) is 30.0 Å². The zero-order chi connectivity index (χ0) is 14.7. The molecule has 20 heavy (non-hydrogen) atoms. The molecule has 0 radical (unpaired) electrons. The van der Waals surface area contributed by atoms with Crippen molar-refractivity contribution in [3.63, 3.8) is 0 Å². The maximum atomic E-state index is 9.61. The predicted octanol–water partition coefficient (Wildman–Crippen LogP) is 4.34. The monoisotopic (exact) mass is 289 g/mol. The first-order valence-electron chi connectivity index (χ1n) is 6.72. The van der Waals surface area contributed by atoms with Gasteiger partial charge < -0.3 is 10.0 Å². The normalized spacial score (nSPS) is 12.2. The minimum absolute atomic E-state index is 0.543. The van der Waals surface area contributed by atoms with Crippen molar-refractivity contribution in [2.24, 2.45) is 0 Å². The second-order valence-corrected chi connectivity index (χ2v) is 5.57. The molecule has 0 aliphatic carbocycles. The van der Waals surface area contributed by atoms with Gasteiger partial charge in [0.15, 0.2) is 0 Å². The summed E-state index contributed by atoms with van der Waals surface area (Å²) < 4.78 is 0. The van der Waals surface area contributed by atoms with Gasteiger partial charge in [0.05, 0.1) is 6.10 Å². The number of halogens is 1. The molecule has 0 saturated heterocycles. The Morgan fingerprint density at radius 2 is 1.90 bits per heavy atom. The average molecular weight is 290 g/mol. The van der Waals surface area contributed by atoms with Crippen LogP contribution in [0.2, 0.25) is 5.02 Å². The summed E-state index contributed by atoms with van der Waals surface area (Å²) in [7, 11) is 2.04. The van der Waals surface area contributed by atoms with Gasteiger partial charge in [-0.15, -0.1) is 0 Å². The lowest BCUT2D eigenvalue weighted by Gasteiger charge is -2.21. The molecule has 1 atom stereocenters. The van der Waals surface area contributed by atoms with Crippen LogP contribution in [0.25, 0.3) is 0 Å². The molecule has 1 N–H and O–H groups in total. The smallest absolute Gasteiger partial charge is 0.0776 e. The van der Waals surface area contributed by atoms with Crippen LogP contribution in [0.15, 0.2) is 42.5 Å². The number of rotatable bonds is 4. The van der Waals surface area contributed by atoms with Crippen molar-refractivity contribution in [1.82, 2.24) is 0 Å². The van der Waals surface area contributed by atoms with Gasteiger partial charge in [0.2, 0.25) is 0 Å². The number of aliphatic hydroxyl groups is 1. The third kappa shape index (κ3) is 3.33. The molecule has 106 valence electrons. The number of nitrogens with zero attached hydrogens (tertiary/aromatic N) is 1. The average Bonchev–Trinajstić information content (AvgIpc) is 2.40. The maximum absolute atomic E-state index is 9.61. The quantitative estimate of drug-likeness (QED) is 0.905. The van der Waals surface area contributed by atoms with E-state index in [0.29, 0.717) is 5.02 Å². The first-order valence-corrected chi connectivity index (χ1v) is 7.10. The van der Waals surface area contributed by atoms with Crippen LogP contribution in [0.3, 0.4) is 0 Å². The molecular weight excluding hydrogens is 270 g/mol. The van der Waals surface area contributed by atoms with Gasteiger partial charge in [-0.1, -0.05) is 41.9 Å². The van der Waals surface area contributed by atoms with Crippen LogP contribution < -0.4 is 4.90 Å². The summed E-state index contributed by atoms with van der Waals surface area (Å²) in [5.74, 6) is 0. The SMILES string of the molecule is Cc1ccccc1CN(C)c1ccc(C(C)O)c(Cl)c1. The minimum atomic E-state index is -0.543. The van der Waals surface area contributed by atoms with Crippen molar-refractivity contribution >= 4 is 17.3 Å². The van der Waals surface area contributed by atoms with Gasteiger partial charge >= 0.3 is 0 Å². The van der Waals surface area contributed by atoms with Crippen LogP contribution in [0.1, 0.15) is 29.7 Å². The Hall–Kier alpha value is -1.51. The molecule has 2 aromatic rings. The van der Waals surface area contributed by atoms with Gasteiger partial charge in [-0.25, -0.2) is 0 Å². The summed E-state index contributed by atoms with van der Waals surface area (Å²) in [4.78, 5) is 2.15. The molecule has 0 spiro atoms. The number of hydrogen-bond acceptors (Lipinski definition) is 2. The highest BCUT2D eigenvalue weighted by atomic mass is 35.5. The van der Waals surface area contributed by atoms with E-state index >= 15 is 0 Å². The van der Waals surface area contributed by atoms with Gasteiger partial charge in [0.25, 0.3) is 0 Å². The summed E-state index contributed by atoms with van der Waals surface area (Å²) >= 11 is 6.22. The van der Waals surface area contributed by atoms with Crippen LogP contribution in [0.4, 0.5) is 5.69 Å². The molecule has 0 saturated carbocycles. The van der Waals surface area contributed by atoms with Crippen molar-refractivity contribution in [2.75, 3.05) is 11.9 Å². The van der Waals surface area contributed by atoms with Crippen molar-refractivity contribution in [3.05, 3.63) is 64.2 Å². The first kappa shape index (κ1) is 14.9. The van der Waals surface area contributed by atoms with E-state index in [9.17, 15) is 5.11 Å². The largest absolute Gasteiger partial charge is 0.389 e. The molecular formula is C17H20ClNO. The summed E-state index contributed by atoms with van der Waals surface area (Å²) in [6.07, 6.45) is -0.543. The molecule has 2 nitrogen and oxygen atoms in total. The van der Waals surface area contributed by atoms with E-state index in [4.69, 9.17) is 11.6 Å². The highest BCUT2D eigenvalue weighted by Gasteiger charge is 2.10. The van der Waals surface area contributed by atoms with Gasteiger partial charge in [0.1, 0.15) is 0 Å². The first-order chi connectivity index (χ1) is 9.49. The summed E-state index contributed by atoms with van der Waals surface area (Å²) in [5, 5.41) is 10.2. The lowest BCUT2D eigenvalue weighted by Crippen LogP contribution is -2.17. The van der Waals surface area contributed by atoms with Gasteiger partial charge in [-0.3, -0.25) is 0 Å². The molecule has 0 aliphatic rings. The maximum Gasteiger partial charge on any atom is 0.0776 e. The number of aliphatic hydroxyl groups excluding tert-OH is 1. The van der Waals surface area contributed by atoms with Crippen LogP contribution in [-0.4, -0.2) is 12.2 Å². The van der Waals surface area contributed by atoms with E-state index in [1.165, 1.54) is 11.1 Å². The number of aryl methyl sites for hydroxylation is 1. The lowest BCUT2D eigenvalue weighted by atomic mass is 10.1. The van der Waals surface area contributed by atoms with Crippen LogP contribution in [0, 0.1) is 6.92 Å². The molecule has 0 bridgehead atoms. The zero-order valence-corrected chi connectivity index (χ0v) is 12.9. The van der Waals surface area contributed by atoms with E-state index in [0.717, 1.165) is 17.8 Å². The Morgan fingerprint density at radius 3 is 2.50 bits per heavy atom. The fourth-order valence-electron chi connectivity index (χ4n) is 2.23. The van der Waals surface area contributed by atoms with E-state index in [1.807, 2.05) is 31.3 Å². The third-order valence-corrected chi connectivity index (χ3v) is 3.87. The Balaban J connectivity index is 2.20. The standard InChI is InChI=1S/C17H20ClNO/c1-12-6-4-5-7-14(12)11-19(3)15-8-9-16(13(2)20)17(18)10-15/h4-10,13,20H,11H2,1-3H3. The molecule has 0 fully saturated rings. The van der Waals surface area contributed by atoms with Crippen molar-refractivity contribution < 1.29 is 5.11 Å². The molecule has 3 heteroatoms. The fourth-order valence-corrected chi connectivity index (χ4v) is 2.56. The number of benzene rings is 2. The van der Waals surface area contributed by atoms with E-state index in [-0.39, 0.29) is 0 Å². The van der Waals surface area contributed by atoms with Crippen molar-refractivity contribution in [2.45, 2.75) is 26.5 Å². The molecule has 2 aromatic carbocycles. The van der Waals surface area contributed by atoms with E-state index in [1.54, 1.807) is 6.92 Å². The van der Waals surface area contributed by atoms with E-state index < -0.39 is 6.10 Å². The molecule has 0 aromatic heterocycles. The second kappa shape index (κ2) is 6.29. The highest BCUT2D eigenvalue weighted by Crippen LogP contribution is 2.28. The van der Waals surface area contributed by atoms with Crippen LogP contribution in [0.5, 0.6) is 0 Å². The van der Waals surface area contributed by atoms with Crippen LogP contribution >= 0.6 is 11.6 Å². The molecule has 1 unspecified atom stereocenters. The minimum Gasteiger partial charge on any atom is -0.389 e. The number of anilines is 1. The lowest BCUT2D eigenvalue weighted by molar-refractivity contribution is 0.199. The van der Waals surface area contributed by atoms with Gasteiger partial charge in [-0.05, 0) is 42.7 Å². The van der Waals surface area contributed by atoms with Crippen molar-refractivity contribution in [1.29, 1.82) is 0 Å². The fraction of sp³-hybridized carbons (Fsp3) is 0.294. The molecule has 0 heterocycles. The topological polar surface area (TPSA) is 23.5 Å². The Morgan fingerprint density at radius 1 is 1.20 bits per heavy atom. The molecule has 0 aliphatic heterocycles. The number of hydrogen-bond donors (Lipinski definition) is 1. The molecule has 2 rings (SSSR count). The summed E-state index contributed by atoms with van der Waals surface area (Å²) in [5.41, 5.74) is 4.39. The Kier molecular flexibility index (Phi) is 4.69. The van der Waals surface area contributed by atoms with Gasteiger partial charge in [-0.2, -0.15) is 0 Å². The summed E-state index contributed by atoms with van der Waals surface area (Å²) in [6.45, 7) is 4.67. The zero-order valence-electron chi connectivity index (χ0n) is 12.1. The van der Waals surface area contributed by atoms with Gasteiger partial charge in [0, 0.05) is 24.3 Å².